The van der Waals surface area contributed by atoms with Gasteiger partial charge in [-0.15, -0.1) is 0 Å². The summed E-state index contributed by atoms with van der Waals surface area (Å²) in [7, 11) is -3.73. The minimum Gasteiger partial charge on any atom is -0.452 e. The molecule has 0 atom stereocenters. The molecule has 30 heavy (non-hydrogen) atoms. The van der Waals surface area contributed by atoms with Crippen LogP contribution in [0.5, 0.6) is 0 Å². The van der Waals surface area contributed by atoms with Gasteiger partial charge in [-0.1, -0.05) is 40.9 Å². The second kappa shape index (κ2) is 9.11. The number of carbonyl (C=O) groups is 2. The van der Waals surface area contributed by atoms with Crippen molar-refractivity contribution >= 4 is 62.4 Å². The summed E-state index contributed by atoms with van der Waals surface area (Å²) in [5.41, 5.74) is 0.773. The van der Waals surface area contributed by atoms with Gasteiger partial charge in [0.15, 0.2) is 6.61 Å². The van der Waals surface area contributed by atoms with E-state index in [2.05, 4.69) is 10.0 Å². The molecule has 0 saturated heterocycles. The van der Waals surface area contributed by atoms with Crippen molar-refractivity contribution in [1.29, 1.82) is 0 Å². The molecule has 0 aromatic heterocycles. The maximum atomic E-state index is 12.4. The minimum atomic E-state index is -3.73. The summed E-state index contributed by atoms with van der Waals surface area (Å²) in [5.74, 6) is -1.48. The fraction of sp³-hybridized carbons (Fsp3) is 0.263. The number of aryl methyl sites for hydroxylation is 1. The number of esters is 1. The van der Waals surface area contributed by atoms with Gasteiger partial charge in [0.25, 0.3) is 5.91 Å². The number of anilines is 1. The summed E-state index contributed by atoms with van der Waals surface area (Å²) < 4.78 is 32.3. The molecule has 0 radical (unpaired) electrons. The first-order valence-electron chi connectivity index (χ1n) is 8.81. The lowest BCUT2D eigenvalue weighted by molar-refractivity contribution is -0.119. The molecule has 2 aromatic carbocycles. The largest absolute Gasteiger partial charge is 0.452 e. The van der Waals surface area contributed by atoms with Gasteiger partial charge in [-0.25, -0.2) is 17.9 Å². The van der Waals surface area contributed by atoms with Crippen LogP contribution in [0.4, 0.5) is 5.69 Å². The molecule has 7 nitrogen and oxygen atoms in total. The van der Waals surface area contributed by atoms with Crippen LogP contribution in [0.1, 0.15) is 28.8 Å². The van der Waals surface area contributed by atoms with E-state index in [9.17, 15) is 18.0 Å². The molecule has 1 saturated carbocycles. The number of amides is 1. The van der Waals surface area contributed by atoms with Crippen molar-refractivity contribution in [2.45, 2.75) is 30.7 Å². The van der Waals surface area contributed by atoms with Crippen LogP contribution >= 0.6 is 34.8 Å². The van der Waals surface area contributed by atoms with E-state index in [0.29, 0.717) is 5.56 Å². The van der Waals surface area contributed by atoms with Crippen LogP contribution in [0.3, 0.4) is 0 Å². The summed E-state index contributed by atoms with van der Waals surface area (Å²) in [4.78, 5) is 24.5. The molecule has 1 aliphatic rings. The number of hydrogen-bond acceptors (Lipinski definition) is 5. The molecule has 160 valence electrons. The van der Waals surface area contributed by atoms with Gasteiger partial charge in [0.2, 0.25) is 10.0 Å². The maximum Gasteiger partial charge on any atom is 0.338 e. The Bertz CT molecular complexity index is 1120. The molecule has 11 heteroatoms. The average Bonchev–Trinajstić information content (AvgIpc) is 3.47. The van der Waals surface area contributed by atoms with E-state index in [0.717, 1.165) is 12.8 Å². The Morgan fingerprint density at radius 1 is 1.07 bits per heavy atom. The zero-order valence-electron chi connectivity index (χ0n) is 15.7. The van der Waals surface area contributed by atoms with Gasteiger partial charge in [0, 0.05) is 6.04 Å². The van der Waals surface area contributed by atoms with Crippen LogP contribution in [-0.2, 0) is 19.6 Å². The lowest BCUT2D eigenvalue weighted by atomic mass is 10.1. The standard InChI is InChI=1S/C19H17Cl3N2O5S/c1-10-2-5-12(30(27,28)24-11-3-4-11)6-13(10)19(26)29-9-18(25)23-17-8-15(21)14(20)7-16(17)22/h2,5-8,11,24H,3-4,9H2,1H3,(H,23,25). The van der Waals surface area contributed by atoms with Gasteiger partial charge in [-0.2, -0.15) is 0 Å². The first kappa shape index (κ1) is 22.8. The third kappa shape index (κ3) is 5.65. The Morgan fingerprint density at radius 2 is 1.73 bits per heavy atom. The van der Waals surface area contributed by atoms with Crippen LogP contribution in [0.25, 0.3) is 0 Å². The number of halogens is 3. The maximum absolute atomic E-state index is 12.4. The van der Waals surface area contributed by atoms with Crippen molar-refractivity contribution < 1.29 is 22.7 Å². The number of sulfonamides is 1. The molecular formula is C19H17Cl3N2O5S. The van der Waals surface area contributed by atoms with Crippen molar-refractivity contribution in [3.8, 4) is 0 Å². The zero-order chi connectivity index (χ0) is 22.1. The lowest BCUT2D eigenvalue weighted by Gasteiger charge is -2.11. The van der Waals surface area contributed by atoms with E-state index in [4.69, 9.17) is 39.5 Å². The van der Waals surface area contributed by atoms with Crippen LogP contribution in [-0.4, -0.2) is 32.9 Å². The molecule has 2 aromatic rings. The minimum absolute atomic E-state index is 0.0426. The Kier molecular flexibility index (Phi) is 6.94. The highest BCUT2D eigenvalue weighted by Crippen LogP contribution is 2.32. The Balaban J connectivity index is 1.66. The topological polar surface area (TPSA) is 102 Å². The monoisotopic (exact) mass is 490 g/mol. The second-order valence-corrected chi connectivity index (χ2v) is 9.68. The third-order valence-corrected chi connectivity index (χ3v) is 6.81. The Morgan fingerprint density at radius 3 is 2.40 bits per heavy atom. The fourth-order valence-corrected chi connectivity index (χ4v) is 4.42. The van der Waals surface area contributed by atoms with Crippen LogP contribution in [0, 0.1) is 6.92 Å². The van der Waals surface area contributed by atoms with E-state index >= 15 is 0 Å². The first-order chi connectivity index (χ1) is 14.1. The van der Waals surface area contributed by atoms with Gasteiger partial charge in [-0.05, 0) is 49.6 Å². The molecule has 0 aliphatic heterocycles. The third-order valence-electron chi connectivity index (χ3n) is 4.26. The quantitative estimate of drug-likeness (QED) is 0.447. The van der Waals surface area contributed by atoms with E-state index in [1.165, 1.54) is 30.3 Å². The molecular weight excluding hydrogens is 475 g/mol. The molecule has 0 unspecified atom stereocenters. The highest BCUT2D eigenvalue weighted by atomic mass is 35.5. The van der Waals surface area contributed by atoms with E-state index in [1.807, 2.05) is 0 Å². The summed E-state index contributed by atoms with van der Waals surface area (Å²) >= 11 is 17.7. The predicted octanol–water partition coefficient (Wildman–Crippen LogP) is 4.19. The average molecular weight is 492 g/mol. The highest BCUT2D eigenvalue weighted by Gasteiger charge is 2.28. The van der Waals surface area contributed by atoms with Gasteiger partial charge in [0.1, 0.15) is 0 Å². The molecule has 1 fully saturated rings. The predicted molar refractivity (Wildman–Crippen MR) is 115 cm³/mol. The summed E-state index contributed by atoms with van der Waals surface area (Å²) in [5, 5.41) is 3.06. The van der Waals surface area contributed by atoms with Crippen molar-refractivity contribution in [3.05, 3.63) is 56.5 Å². The Hall–Kier alpha value is -1.84. The fourth-order valence-electron chi connectivity index (χ4n) is 2.49. The van der Waals surface area contributed by atoms with Gasteiger partial charge < -0.3 is 10.1 Å². The normalized spacial score (nSPS) is 13.7. The van der Waals surface area contributed by atoms with E-state index < -0.39 is 28.5 Å². The molecule has 0 spiro atoms. The van der Waals surface area contributed by atoms with E-state index in [1.54, 1.807) is 6.92 Å². The first-order valence-corrected chi connectivity index (χ1v) is 11.4. The van der Waals surface area contributed by atoms with Gasteiger partial charge in [0.05, 0.1) is 31.2 Å². The second-order valence-electron chi connectivity index (χ2n) is 6.74. The highest BCUT2D eigenvalue weighted by molar-refractivity contribution is 7.89. The van der Waals surface area contributed by atoms with Crippen molar-refractivity contribution in [2.24, 2.45) is 0 Å². The van der Waals surface area contributed by atoms with Crippen LogP contribution in [0.2, 0.25) is 15.1 Å². The summed E-state index contributed by atoms with van der Waals surface area (Å²) in [6.45, 7) is 1.03. The molecule has 3 rings (SSSR count). The molecule has 0 heterocycles. The molecule has 1 aliphatic carbocycles. The van der Waals surface area contributed by atoms with E-state index in [-0.39, 0.29) is 37.3 Å². The number of ether oxygens (including phenoxy) is 1. The van der Waals surface area contributed by atoms with Crippen LogP contribution < -0.4 is 10.0 Å². The van der Waals surface area contributed by atoms with Gasteiger partial charge >= 0.3 is 5.97 Å². The van der Waals surface area contributed by atoms with Crippen molar-refractivity contribution in [2.75, 3.05) is 11.9 Å². The Labute approximate surface area is 188 Å². The zero-order valence-corrected chi connectivity index (χ0v) is 18.8. The molecule has 0 bridgehead atoms. The summed E-state index contributed by atoms with van der Waals surface area (Å²) in [6, 6.07) is 6.83. The summed E-state index contributed by atoms with van der Waals surface area (Å²) in [6.07, 6.45) is 1.58. The van der Waals surface area contributed by atoms with Crippen LogP contribution in [0.15, 0.2) is 35.2 Å². The van der Waals surface area contributed by atoms with Crippen molar-refractivity contribution in [1.82, 2.24) is 4.72 Å². The SMILES string of the molecule is Cc1ccc(S(=O)(=O)NC2CC2)cc1C(=O)OCC(=O)Nc1cc(Cl)c(Cl)cc1Cl. The number of rotatable bonds is 7. The smallest absolute Gasteiger partial charge is 0.338 e. The number of nitrogens with one attached hydrogen (secondary N) is 2. The molecule has 1 amide bonds. The number of carbonyl (C=O) groups excluding carboxylic acids is 2. The lowest BCUT2D eigenvalue weighted by Crippen LogP contribution is -2.26. The number of benzene rings is 2. The molecule has 2 N–H and O–H groups in total. The van der Waals surface area contributed by atoms with Crippen molar-refractivity contribution in [3.63, 3.8) is 0 Å². The number of hydrogen-bond donors (Lipinski definition) is 2. The van der Waals surface area contributed by atoms with Gasteiger partial charge in [-0.3, -0.25) is 4.79 Å².